The van der Waals surface area contributed by atoms with Gasteiger partial charge in [0.2, 0.25) is 5.91 Å². The number of nitrogens with zero attached hydrogens (tertiary/aromatic N) is 2. The molecule has 2 fully saturated rings. The smallest absolute Gasteiger partial charge is 0.306 e. The number of hydrogen-bond acceptors (Lipinski definition) is 6. The Kier molecular flexibility index (Phi) is 4.64. The number of hydrogen-bond donors (Lipinski definition) is 2. The predicted molar refractivity (Wildman–Crippen MR) is 83.6 cm³/mol. The monoisotopic (exact) mass is 333 g/mol. The standard InChI is InChI=1S/C16H19N3O5/c20-14-4-2-12(15(21)18-14)24-11-1-3-13(17-9-11)19-7-5-10(6-8-19)16(22)23/h1,3,9-10,12H,2,4-8H2,(H,22,23)(H,18,20,21). The van der Waals surface area contributed by atoms with Crippen LogP contribution < -0.4 is 15.0 Å². The molecule has 2 amide bonds. The number of aromatic nitrogens is 1. The number of amides is 2. The minimum atomic E-state index is -0.740. The zero-order chi connectivity index (χ0) is 17.1. The van der Waals surface area contributed by atoms with E-state index in [9.17, 15) is 14.4 Å². The van der Waals surface area contributed by atoms with Crippen LogP contribution in [0.25, 0.3) is 0 Å². The first-order valence-electron chi connectivity index (χ1n) is 7.97. The Bertz CT molecular complexity index is 638. The SMILES string of the molecule is O=C1CCC(Oc2ccc(N3CCC(C(=O)O)CC3)nc2)C(=O)N1. The number of carboxylic acids is 1. The van der Waals surface area contributed by atoms with Crippen LogP contribution in [0.2, 0.25) is 0 Å². The number of pyridine rings is 1. The van der Waals surface area contributed by atoms with E-state index < -0.39 is 18.0 Å². The maximum atomic E-state index is 11.7. The number of imide groups is 1. The van der Waals surface area contributed by atoms with Gasteiger partial charge in [-0.3, -0.25) is 19.7 Å². The van der Waals surface area contributed by atoms with Crippen LogP contribution in [0.5, 0.6) is 5.75 Å². The van der Waals surface area contributed by atoms with Crippen molar-refractivity contribution in [3.63, 3.8) is 0 Å². The first-order chi connectivity index (χ1) is 11.5. The molecular formula is C16H19N3O5. The van der Waals surface area contributed by atoms with Crippen LogP contribution in [0.3, 0.4) is 0 Å². The number of rotatable bonds is 4. The third kappa shape index (κ3) is 3.64. The summed E-state index contributed by atoms with van der Waals surface area (Å²) in [5, 5.41) is 11.3. The Labute approximate surface area is 138 Å². The molecule has 24 heavy (non-hydrogen) atoms. The summed E-state index contributed by atoms with van der Waals surface area (Å²) in [5.74, 6) is -0.501. The second-order valence-corrected chi connectivity index (χ2v) is 6.01. The van der Waals surface area contributed by atoms with Crippen LogP contribution in [0.15, 0.2) is 18.3 Å². The Morgan fingerprint density at radius 2 is 2.00 bits per heavy atom. The molecular weight excluding hydrogens is 314 g/mol. The molecule has 3 rings (SSSR count). The molecule has 8 heteroatoms. The van der Waals surface area contributed by atoms with Crippen LogP contribution >= 0.6 is 0 Å². The predicted octanol–water partition coefficient (Wildman–Crippen LogP) is 0.567. The molecule has 0 spiro atoms. The Hall–Kier alpha value is -2.64. The molecule has 128 valence electrons. The Morgan fingerprint density at radius 1 is 1.25 bits per heavy atom. The third-order valence-electron chi connectivity index (χ3n) is 4.36. The lowest BCUT2D eigenvalue weighted by atomic mass is 9.97. The number of carboxylic acid groups (broad SMARTS) is 1. The summed E-state index contributed by atoms with van der Waals surface area (Å²) in [7, 11) is 0. The van der Waals surface area contributed by atoms with Gasteiger partial charge in [-0.15, -0.1) is 0 Å². The minimum absolute atomic E-state index is 0.264. The third-order valence-corrected chi connectivity index (χ3v) is 4.36. The van der Waals surface area contributed by atoms with Crippen molar-refractivity contribution in [3.05, 3.63) is 18.3 Å². The number of anilines is 1. The highest BCUT2D eigenvalue weighted by atomic mass is 16.5. The molecule has 1 aromatic heterocycles. The second-order valence-electron chi connectivity index (χ2n) is 6.01. The first-order valence-corrected chi connectivity index (χ1v) is 7.97. The van der Waals surface area contributed by atoms with Gasteiger partial charge < -0.3 is 14.7 Å². The highest BCUT2D eigenvalue weighted by molar-refractivity contribution is 5.99. The van der Waals surface area contributed by atoms with Crippen molar-refractivity contribution in [1.29, 1.82) is 0 Å². The molecule has 2 N–H and O–H groups in total. The van der Waals surface area contributed by atoms with Crippen molar-refractivity contribution < 1.29 is 24.2 Å². The van der Waals surface area contributed by atoms with Crippen molar-refractivity contribution in [2.24, 2.45) is 5.92 Å². The average molecular weight is 333 g/mol. The van der Waals surface area contributed by atoms with E-state index in [1.165, 1.54) is 0 Å². The van der Waals surface area contributed by atoms with Crippen molar-refractivity contribution >= 4 is 23.6 Å². The van der Waals surface area contributed by atoms with Gasteiger partial charge in [-0.25, -0.2) is 4.98 Å². The molecule has 0 aromatic carbocycles. The number of piperidine rings is 2. The summed E-state index contributed by atoms with van der Waals surface area (Å²) < 4.78 is 5.58. The van der Waals surface area contributed by atoms with Crippen LogP contribution in [0, 0.1) is 5.92 Å². The molecule has 1 unspecified atom stereocenters. The van der Waals surface area contributed by atoms with E-state index in [0.29, 0.717) is 38.1 Å². The summed E-state index contributed by atoms with van der Waals surface area (Å²) >= 11 is 0. The number of aliphatic carboxylic acids is 1. The summed E-state index contributed by atoms with van der Waals surface area (Å²) in [6.45, 7) is 1.30. The van der Waals surface area contributed by atoms with Gasteiger partial charge in [-0.1, -0.05) is 0 Å². The van der Waals surface area contributed by atoms with E-state index >= 15 is 0 Å². The minimum Gasteiger partial charge on any atom is -0.481 e. The highest BCUT2D eigenvalue weighted by Gasteiger charge is 2.28. The van der Waals surface area contributed by atoms with Gasteiger partial charge in [0.1, 0.15) is 11.6 Å². The molecule has 1 atom stereocenters. The number of ether oxygens (including phenoxy) is 1. The van der Waals surface area contributed by atoms with Crippen molar-refractivity contribution in [1.82, 2.24) is 10.3 Å². The van der Waals surface area contributed by atoms with Gasteiger partial charge in [-0.2, -0.15) is 0 Å². The zero-order valence-corrected chi connectivity index (χ0v) is 13.1. The molecule has 1 aromatic rings. The maximum Gasteiger partial charge on any atom is 0.306 e. The average Bonchev–Trinajstić information content (AvgIpc) is 2.58. The lowest BCUT2D eigenvalue weighted by molar-refractivity contribution is -0.142. The lowest BCUT2D eigenvalue weighted by Crippen LogP contribution is -2.46. The zero-order valence-electron chi connectivity index (χ0n) is 13.1. The molecule has 0 radical (unpaired) electrons. The largest absolute Gasteiger partial charge is 0.481 e. The summed E-state index contributed by atoms with van der Waals surface area (Å²) in [6, 6.07) is 3.53. The summed E-state index contributed by atoms with van der Waals surface area (Å²) in [4.78, 5) is 40.1. The molecule has 8 nitrogen and oxygen atoms in total. The first kappa shape index (κ1) is 16.2. The van der Waals surface area contributed by atoms with Crippen molar-refractivity contribution in [2.45, 2.75) is 31.8 Å². The molecule has 2 saturated heterocycles. The van der Waals surface area contributed by atoms with Gasteiger partial charge in [0.25, 0.3) is 5.91 Å². The highest BCUT2D eigenvalue weighted by Crippen LogP contribution is 2.24. The molecule has 0 saturated carbocycles. The second kappa shape index (κ2) is 6.86. The van der Waals surface area contributed by atoms with Gasteiger partial charge in [0.05, 0.1) is 12.1 Å². The van der Waals surface area contributed by atoms with Gasteiger partial charge in [-0.05, 0) is 25.0 Å². The fourth-order valence-electron chi connectivity index (χ4n) is 2.94. The summed E-state index contributed by atoms with van der Waals surface area (Å²) in [6.07, 6.45) is 2.69. The quantitative estimate of drug-likeness (QED) is 0.775. The lowest BCUT2D eigenvalue weighted by Gasteiger charge is -2.31. The van der Waals surface area contributed by atoms with Gasteiger partial charge >= 0.3 is 5.97 Å². The van der Waals surface area contributed by atoms with E-state index in [-0.39, 0.29) is 18.2 Å². The molecule has 3 heterocycles. The normalized spacial score (nSPS) is 22.2. The van der Waals surface area contributed by atoms with Crippen LogP contribution in [0.1, 0.15) is 25.7 Å². The topological polar surface area (TPSA) is 109 Å². The fraction of sp³-hybridized carbons (Fsp3) is 0.500. The number of nitrogens with one attached hydrogen (secondary N) is 1. The van der Waals surface area contributed by atoms with E-state index in [2.05, 4.69) is 10.3 Å². The Balaban J connectivity index is 1.57. The molecule has 0 bridgehead atoms. The van der Waals surface area contributed by atoms with E-state index in [1.54, 1.807) is 18.3 Å². The molecule has 0 aliphatic carbocycles. The van der Waals surface area contributed by atoms with Crippen LogP contribution in [0.4, 0.5) is 5.82 Å². The van der Waals surface area contributed by atoms with Crippen LogP contribution in [-0.4, -0.2) is 47.1 Å². The van der Waals surface area contributed by atoms with Crippen LogP contribution in [-0.2, 0) is 14.4 Å². The Morgan fingerprint density at radius 3 is 2.58 bits per heavy atom. The molecule has 2 aliphatic heterocycles. The van der Waals surface area contributed by atoms with E-state index in [0.717, 1.165) is 5.82 Å². The van der Waals surface area contributed by atoms with E-state index in [1.807, 2.05) is 4.90 Å². The van der Waals surface area contributed by atoms with E-state index in [4.69, 9.17) is 9.84 Å². The maximum absolute atomic E-state index is 11.7. The molecule has 2 aliphatic rings. The number of carbonyl (C=O) groups is 3. The summed E-state index contributed by atoms with van der Waals surface area (Å²) in [5.41, 5.74) is 0. The van der Waals surface area contributed by atoms with Crippen molar-refractivity contribution in [2.75, 3.05) is 18.0 Å². The number of carbonyl (C=O) groups excluding carboxylic acids is 2. The van der Waals surface area contributed by atoms with Crippen molar-refractivity contribution in [3.8, 4) is 5.75 Å². The van der Waals surface area contributed by atoms with Gasteiger partial charge in [0, 0.05) is 25.9 Å². The van der Waals surface area contributed by atoms with Gasteiger partial charge in [0.15, 0.2) is 6.10 Å². The fourth-order valence-corrected chi connectivity index (χ4v) is 2.94.